The third kappa shape index (κ3) is 7.41. The number of nitrogens with one attached hydrogen (secondary N) is 2. The van der Waals surface area contributed by atoms with Gasteiger partial charge in [-0.3, -0.25) is 4.99 Å². The van der Waals surface area contributed by atoms with Crippen LogP contribution >= 0.6 is 0 Å². The molecule has 1 aliphatic rings. The second-order valence-corrected chi connectivity index (χ2v) is 10.9. The molecule has 0 aromatic rings. The number of guanidine groups is 1. The SMILES string of the molecule is CN=C(NCCS(=O)(=O)C(C)(C)C)NC(C)CCC1CCCCC1. The van der Waals surface area contributed by atoms with Crippen molar-refractivity contribution in [3.8, 4) is 0 Å². The van der Waals surface area contributed by atoms with Crippen LogP contribution in [0, 0.1) is 5.92 Å². The van der Waals surface area contributed by atoms with Crippen LogP contribution in [0.1, 0.15) is 72.6 Å². The number of rotatable bonds is 7. The highest BCUT2D eigenvalue weighted by atomic mass is 32.2. The Morgan fingerprint density at radius 2 is 1.83 bits per heavy atom. The molecule has 0 heterocycles. The predicted molar refractivity (Wildman–Crippen MR) is 103 cm³/mol. The summed E-state index contributed by atoms with van der Waals surface area (Å²) in [5.41, 5.74) is 0. The zero-order chi connectivity index (χ0) is 18.2. The van der Waals surface area contributed by atoms with Gasteiger partial charge in [-0.25, -0.2) is 8.42 Å². The number of aliphatic imine (C=N–C) groups is 1. The van der Waals surface area contributed by atoms with E-state index in [1.54, 1.807) is 27.8 Å². The van der Waals surface area contributed by atoms with Crippen LogP contribution in [0.4, 0.5) is 0 Å². The lowest BCUT2D eigenvalue weighted by Gasteiger charge is -2.24. The molecule has 5 nitrogen and oxygen atoms in total. The Hall–Kier alpha value is -0.780. The highest BCUT2D eigenvalue weighted by Gasteiger charge is 2.28. The lowest BCUT2D eigenvalue weighted by atomic mass is 9.85. The zero-order valence-electron chi connectivity index (χ0n) is 16.2. The summed E-state index contributed by atoms with van der Waals surface area (Å²) in [6.45, 7) is 7.77. The van der Waals surface area contributed by atoms with Crippen LogP contribution in [0.15, 0.2) is 4.99 Å². The first-order chi connectivity index (χ1) is 11.2. The van der Waals surface area contributed by atoms with E-state index in [0.29, 0.717) is 18.5 Å². The van der Waals surface area contributed by atoms with Crippen molar-refractivity contribution in [2.24, 2.45) is 10.9 Å². The first kappa shape index (κ1) is 21.3. The molecule has 0 aromatic heterocycles. The van der Waals surface area contributed by atoms with E-state index in [-0.39, 0.29) is 5.75 Å². The van der Waals surface area contributed by atoms with Gasteiger partial charge in [0.15, 0.2) is 15.8 Å². The smallest absolute Gasteiger partial charge is 0.191 e. The molecule has 0 saturated heterocycles. The van der Waals surface area contributed by atoms with E-state index in [1.807, 2.05) is 0 Å². The van der Waals surface area contributed by atoms with E-state index < -0.39 is 14.6 Å². The van der Waals surface area contributed by atoms with Crippen molar-refractivity contribution in [2.45, 2.75) is 83.4 Å². The quantitative estimate of drug-likeness (QED) is 0.541. The van der Waals surface area contributed by atoms with Crippen molar-refractivity contribution >= 4 is 15.8 Å². The van der Waals surface area contributed by atoms with E-state index in [4.69, 9.17) is 0 Å². The second kappa shape index (κ2) is 9.64. The maximum atomic E-state index is 12.1. The first-order valence-corrected chi connectivity index (χ1v) is 11.0. The molecule has 2 N–H and O–H groups in total. The fraction of sp³-hybridized carbons (Fsp3) is 0.944. The molecule has 1 saturated carbocycles. The highest BCUT2D eigenvalue weighted by molar-refractivity contribution is 7.92. The van der Waals surface area contributed by atoms with Gasteiger partial charge in [0, 0.05) is 19.6 Å². The summed E-state index contributed by atoms with van der Waals surface area (Å²) >= 11 is 0. The van der Waals surface area contributed by atoms with Gasteiger partial charge in [0.25, 0.3) is 0 Å². The van der Waals surface area contributed by atoms with Crippen LogP contribution in [-0.2, 0) is 9.84 Å². The van der Waals surface area contributed by atoms with Crippen LogP contribution < -0.4 is 10.6 Å². The molecule has 0 bridgehead atoms. The summed E-state index contributed by atoms with van der Waals surface area (Å²) in [5, 5.41) is 6.50. The van der Waals surface area contributed by atoms with Gasteiger partial charge in [-0.1, -0.05) is 32.1 Å². The highest BCUT2D eigenvalue weighted by Crippen LogP contribution is 2.27. The standard InChI is InChI=1S/C18H37N3O2S/c1-15(11-12-16-9-7-6-8-10-16)21-17(19-5)20-13-14-24(22,23)18(2,3)4/h15-16H,6-14H2,1-5H3,(H2,19,20,21). The van der Waals surface area contributed by atoms with E-state index in [9.17, 15) is 8.42 Å². The van der Waals surface area contributed by atoms with E-state index >= 15 is 0 Å². The minimum atomic E-state index is -3.10. The summed E-state index contributed by atoms with van der Waals surface area (Å²) in [4.78, 5) is 4.20. The van der Waals surface area contributed by atoms with E-state index in [0.717, 1.165) is 12.3 Å². The summed E-state index contributed by atoms with van der Waals surface area (Å²) in [5.74, 6) is 1.69. The van der Waals surface area contributed by atoms with Gasteiger partial charge in [0.1, 0.15) is 0 Å². The molecule has 6 heteroatoms. The molecule has 1 unspecified atom stereocenters. The fourth-order valence-corrected chi connectivity index (χ4v) is 4.05. The molecule has 142 valence electrons. The van der Waals surface area contributed by atoms with Crippen LogP contribution in [0.25, 0.3) is 0 Å². The van der Waals surface area contributed by atoms with Crippen molar-refractivity contribution in [1.29, 1.82) is 0 Å². The van der Waals surface area contributed by atoms with Gasteiger partial charge in [0.05, 0.1) is 10.5 Å². The number of nitrogens with zero attached hydrogens (tertiary/aromatic N) is 1. The Bertz CT molecular complexity index is 489. The predicted octanol–water partition coefficient (Wildman–Crippen LogP) is 3.11. The number of hydrogen-bond donors (Lipinski definition) is 2. The largest absolute Gasteiger partial charge is 0.355 e. The normalized spacial score (nSPS) is 19.1. The number of sulfone groups is 1. The van der Waals surface area contributed by atoms with E-state index in [1.165, 1.54) is 38.5 Å². The van der Waals surface area contributed by atoms with Crippen molar-refractivity contribution in [3.63, 3.8) is 0 Å². The molecule has 0 radical (unpaired) electrons. The summed E-state index contributed by atoms with van der Waals surface area (Å²) in [7, 11) is -1.38. The molecule has 24 heavy (non-hydrogen) atoms. The number of hydrogen-bond acceptors (Lipinski definition) is 3. The van der Waals surface area contributed by atoms with Gasteiger partial charge in [0.2, 0.25) is 0 Å². The van der Waals surface area contributed by atoms with Gasteiger partial charge in [-0.05, 0) is 46.5 Å². The fourth-order valence-electron chi connectivity index (χ4n) is 3.07. The maximum Gasteiger partial charge on any atom is 0.191 e. The Labute approximate surface area is 149 Å². The molecular weight excluding hydrogens is 322 g/mol. The molecule has 1 aliphatic carbocycles. The monoisotopic (exact) mass is 359 g/mol. The van der Waals surface area contributed by atoms with Crippen molar-refractivity contribution < 1.29 is 8.42 Å². The Kier molecular flexibility index (Phi) is 8.54. The van der Waals surface area contributed by atoms with E-state index in [2.05, 4.69) is 22.5 Å². The molecule has 0 aromatic carbocycles. The molecule has 0 aliphatic heterocycles. The Morgan fingerprint density at radius 3 is 2.38 bits per heavy atom. The Morgan fingerprint density at radius 1 is 1.21 bits per heavy atom. The van der Waals surface area contributed by atoms with Crippen LogP contribution in [0.2, 0.25) is 0 Å². The van der Waals surface area contributed by atoms with Crippen LogP contribution in [0.3, 0.4) is 0 Å². The Balaban J connectivity index is 2.31. The van der Waals surface area contributed by atoms with Gasteiger partial charge < -0.3 is 10.6 Å². The van der Waals surface area contributed by atoms with Gasteiger partial charge in [-0.2, -0.15) is 0 Å². The summed E-state index contributed by atoms with van der Waals surface area (Å²) < 4.78 is 23.5. The molecule has 1 rings (SSSR count). The second-order valence-electron chi connectivity index (χ2n) is 8.06. The molecule has 0 spiro atoms. The van der Waals surface area contributed by atoms with Crippen molar-refractivity contribution in [1.82, 2.24) is 10.6 Å². The summed E-state index contributed by atoms with van der Waals surface area (Å²) in [6, 6.07) is 0.345. The topological polar surface area (TPSA) is 70.6 Å². The van der Waals surface area contributed by atoms with Gasteiger partial charge in [-0.15, -0.1) is 0 Å². The third-order valence-electron chi connectivity index (χ3n) is 4.94. The maximum absolute atomic E-state index is 12.1. The van der Waals surface area contributed by atoms with Gasteiger partial charge >= 0.3 is 0 Å². The minimum Gasteiger partial charge on any atom is -0.355 e. The average molecular weight is 360 g/mol. The van der Waals surface area contributed by atoms with Crippen molar-refractivity contribution in [2.75, 3.05) is 19.3 Å². The molecule has 1 atom stereocenters. The lowest BCUT2D eigenvalue weighted by molar-refractivity contribution is 0.322. The average Bonchev–Trinajstić information content (AvgIpc) is 2.51. The molecule has 1 fully saturated rings. The lowest BCUT2D eigenvalue weighted by Crippen LogP contribution is -2.45. The van der Waals surface area contributed by atoms with Crippen LogP contribution in [-0.4, -0.2) is 44.5 Å². The summed E-state index contributed by atoms with van der Waals surface area (Å²) in [6.07, 6.45) is 9.33. The first-order valence-electron chi connectivity index (χ1n) is 9.35. The van der Waals surface area contributed by atoms with Crippen molar-refractivity contribution in [3.05, 3.63) is 0 Å². The third-order valence-corrected chi connectivity index (χ3v) is 7.54. The minimum absolute atomic E-state index is 0.119. The molecule has 0 amide bonds. The zero-order valence-corrected chi connectivity index (χ0v) is 17.0. The van der Waals surface area contributed by atoms with Crippen LogP contribution in [0.5, 0.6) is 0 Å². The molecular formula is C18H37N3O2S.